The highest BCUT2D eigenvalue weighted by Gasteiger charge is 2.28. The number of likely N-dealkylation sites (N-methyl/N-ethyl adjacent to an activating group) is 1. The average molecular weight is 1080 g/mol. The van der Waals surface area contributed by atoms with Gasteiger partial charge in [-0.1, -0.05) is 43.0 Å². The molecule has 5 heterocycles. The van der Waals surface area contributed by atoms with Crippen molar-refractivity contribution >= 4 is 50.9 Å². The molecule has 2 aliphatic rings. The molecule has 4 aromatic carbocycles. The topological polar surface area (TPSA) is 182 Å². The van der Waals surface area contributed by atoms with Crippen molar-refractivity contribution in [2.45, 2.75) is 58.5 Å². The number of piperidine rings is 1. The van der Waals surface area contributed by atoms with Gasteiger partial charge in [0, 0.05) is 65.9 Å². The Morgan fingerprint density at radius 1 is 0.846 bits per heavy atom. The van der Waals surface area contributed by atoms with E-state index in [1.165, 1.54) is 6.08 Å². The van der Waals surface area contributed by atoms with Gasteiger partial charge < -0.3 is 53.6 Å². The summed E-state index contributed by atoms with van der Waals surface area (Å²) in [5.41, 5.74) is 7.32. The van der Waals surface area contributed by atoms with Crippen LogP contribution in [0.25, 0.3) is 43.4 Å². The second-order valence-corrected chi connectivity index (χ2v) is 20.3. The van der Waals surface area contributed by atoms with Crippen LogP contribution < -0.4 is 24.8 Å². The van der Waals surface area contributed by atoms with Crippen molar-refractivity contribution in [3.63, 3.8) is 0 Å². The number of rotatable bonds is 27. The molecule has 0 bridgehead atoms. The molecule has 1 saturated heterocycles. The first-order chi connectivity index (χ1) is 38.2. The zero-order valence-corrected chi connectivity index (χ0v) is 45.7. The highest BCUT2D eigenvalue weighted by Crippen LogP contribution is 2.38. The predicted octanol–water partition coefficient (Wildman–Crippen LogP) is 8.01. The number of ether oxygens (including phenoxy) is 7. The number of nitrogens with one attached hydrogen (secondary N) is 2. The molecule has 412 valence electrons. The molecule has 0 saturated carbocycles. The van der Waals surface area contributed by atoms with E-state index in [-0.39, 0.29) is 30.4 Å². The number of benzene rings is 4. The van der Waals surface area contributed by atoms with Gasteiger partial charge in [0.2, 0.25) is 5.91 Å². The number of hydrogen-bond donors (Lipinski definition) is 2. The molecule has 2 N–H and O–H groups in total. The van der Waals surface area contributed by atoms with E-state index in [0.29, 0.717) is 127 Å². The molecule has 0 unspecified atom stereocenters. The zero-order valence-electron chi connectivity index (χ0n) is 44.8. The van der Waals surface area contributed by atoms with Gasteiger partial charge in [-0.15, -0.1) is 16.4 Å². The normalized spacial score (nSPS) is 14.8. The molecule has 9 rings (SSSR count). The molecule has 2 amide bonds. The Morgan fingerprint density at radius 2 is 1.63 bits per heavy atom. The van der Waals surface area contributed by atoms with Crippen molar-refractivity contribution in [2.75, 3.05) is 99.8 Å². The van der Waals surface area contributed by atoms with E-state index in [1.54, 1.807) is 38.7 Å². The summed E-state index contributed by atoms with van der Waals surface area (Å²) in [6.07, 6.45) is 5.47. The minimum absolute atomic E-state index is 0.0212. The molecule has 1 atom stereocenters. The third-order valence-corrected chi connectivity index (χ3v) is 14.7. The number of methoxy groups -OCH3 is 1. The Bertz CT molecular complexity index is 3160. The van der Waals surface area contributed by atoms with Crippen molar-refractivity contribution in [3.05, 3.63) is 125 Å². The largest absolute Gasteiger partial charge is 0.497 e. The van der Waals surface area contributed by atoms with E-state index in [0.717, 1.165) is 80.4 Å². The fraction of sp³-hybridized carbons (Fsp3) is 0.407. The van der Waals surface area contributed by atoms with Crippen LogP contribution in [0.1, 0.15) is 58.2 Å². The Balaban J connectivity index is 0.654. The van der Waals surface area contributed by atoms with Gasteiger partial charge in [0.1, 0.15) is 36.2 Å². The number of hydrogen-bond acceptors (Lipinski definition) is 15. The maximum absolute atomic E-state index is 14.0. The first-order valence-corrected chi connectivity index (χ1v) is 27.6. The van der Waals surface area contributed by atoms with Crippen LogP contribution >= 0.6 is 11.3 Å². The quantitative estimate of drug-likeness (QED) is 0.0373. The van der Waals surface area contributed by atoms with Crippen LogP contribution in [0.4, 0.5) is 0 Å². The first-order valence-electron chi connectivity index (χ1n) is 26.8. The summed E-state index contributed by atoms with van der Waals surface area (Å²) in [7, 11) is 3.66. The van der Waals surface area contributed by atoms with Crippen LogP contribution in [0.5, 0.6) is 17.2 Å². The summed E-state index contributed by atoms with van der Waals surface area (Å²) in [5.74, 6) is 1.31. The standard InChI is InChI=1S/C59H70N8O10S/c1-5-56(68)65-17-21-76-58-45(37-65)30-43(33-52(58)59(70)61-46-9-7-16-64(3)38-46)44-31-48(71-4)35-49(32-44)77-40-47-39-66(63-62-47)18-20-73-23-25-75-27-26-74-24-22-72-19-15-60-36-41-11-14-53-51(29-41)50-13-12-42(55-10-8-28-78-55)34-54(50)67(53)57(69)6-2/h6,8,10-14,28-35,39,46,60H,2,5,7,9,15-27,36-38,40H2,1,3-4H3,(H,61,70)/t46-/m0/s1. The van der Waals surface area contributed by atoms with E-state index >= 15 is 0 Å². The third kappa shape index (κ3) is 14.4. The van der Waals surface area contributed by atoms with Gasteiger partial charge in [-0.25, -0.2) is 4.68 Å². The number of fused-ring (bicyclic) bond motifs is 4. The van der Waals surface area contributed by atoms with Crippen molar-refractivity contribution in [1.82, 2.24) is 40.0 Å². The number of likely N-dealkylation sites (tertiary alicyclic amines) is 1. The molecule has 19 heteroatoms. The lowest BCUT2D eigenvalue weighted by atomic mass is 9.96. The lowest BCUT2D eigenvalue weighted by molar-refractivity contribution is -0.131. The van der Waals surface area contributed by atoms with Gasteiger partial charge in [-0.2, -0.15) is 0 Å². The predicted molar refractivity (Wildman–Crippen MR) is 301 cm³/mol. The van der Waals surface area contributed by atoms with Crippen LogP contribution in [0, 0.1) is 0 Å². The van der Waals surface area contributed by atoms with Crippen LogP contribution in [-0.2, 0) is 50.0 Å². The molecule has 3 aromatic heterocycles. The van der Waals surface area contributed by atoms with E-state index in [4.69, 9.17) is 33.2 Å². The minimum atomic E-state index is -0.204. The van der Waals surface area contributed by atoms with Gasteiger partial charge in [0.15, 0.2) is 0 Å². The Kier molecular flexibility index (Phi) is 19.7. The van der Waals surface area contributed by atoms with Gasteiger partial charge >= 0.3 is 0 Å². The van der Waals surface area contributed by atoms with Crippen LogP contribution in [0.15, 0.2) is 103 Å². The van der Waals surface area contributed by atoms with Crippen molar-refractivity contribution in [3.8, 4) is 38.8 Å². The SMILES string of the molecule is C=CC(=O)n1c2ccc(CNCCOCCOCCOCCOCCn3cc(COc4cc(OC)cc(-c5cc6c(c(C(=O)N[C@H]7CCCN(C)C7)c5)OCCN(C(=O)CC)C6)c4)nn3)cc2c2ccc(-c3cccs3)cc21. The van der Waals surface area contributed by atoms with Gasteiger partial charge in [-0.05, 0) is 109 Å². The highest BCUT2D eigenvalue weighted by molar-refractivity contribution is 7.13. The molecule has 78 heavy (non-hydrogen) atoms. The van der Waals surface area contributed by atoms with E-state index in [2.05, 4.69) is 81.3 Å². The summed E-state index contributed by atoms with van der Waals surface area (Å²) in [5, 5.41) is 19.4. The molecule has 1 fully saturated rings. The Morgan fingerprint density at radius 3 is 2.38 bits per heavy atom. The average Bonchev–Trinajstić information content (AvgIpc) is 4.28. The van der Waals surface area contributed by atoms with Crippen LogP contribution in [0.2, 0.25) is 0 Å². The lowest BCUT2D eigenvalue weighted by Gasteiger charge is -2.30. The summed E-state index contributed by atoms with van der Waals surface area (Å²) >= 11 is 1.68. The van der Waals surface area contributed by atoms with Gasteiger partial charge in [0.25, 0.3) is 11.8 Å². The second kappa shape index (κ2) is 27.6. The molecule has 2 aliphatic heterocycles. The molecule has 18 nitrogen and oxygen atoms in total. The van der Waals surface area contributed by atoms with Crippen molar-refractivity contribution < 1.29 is 47.5 Å². The maximum Gasteiger partial charge on any atom is 0.255 e. The molecule has 7 aromatic rings. The zero-order chi connectivity index (χ0) is 54.2. The third-order valence-electron chi connectivity index (χ3n) is 13.8. The smallest absolute Gasteiger partial charge is 0.255 e. The number of carbonyl (C=O) groups excluding carboxylic acids is 3. The minimum Gasteiger partial charge on any atom is -0.497 e. The number of allylic oxidation sites excluding steroid dienone is 1. The van der Waals surface area contributed by atoms with E-state index in [9.17, 15) is 14.4 Å². The van der Waals surface area contributed by atoms with Crippen molar-refractivity contribution in [1.29, 1.82) is 0 Å². The highest BCUT2D eigenvalue weighted by atomic mass is 32.1. The van der Waals surface area contributed by atoms with Crippen molar-refractivity contribution in [2.24, 2.45) is 0 Å². The Labute approximate surface area is 459 Å². The molecular formula is C59H70N8O10S. The van der Waals surface area contributed by atoms with E-state index in [1.807, 2.05) is 49.5 Å². The number of amides is 2. The number of carbonyl (C=O) groups is 3. The molecular weight excluding hydrogens is 1010 g/mol. The monoisotopic (exact) mass is 1080 g/mol. The second-order valence-electron chi connectivity index (χ2n) is 19.3. The number of nitrogens with zero attached hydrogens (tertiary/aromatic N) is 6. The molecule has 0 aliphatic carbocycles. The maximum atomic E-state index is 14.0. The van der Waals surface area contributed by atoms with Gasteiger partial charge in [0.05, 0.1) is 95.8 Å². The summed E-state index contributed by atoms with van der Waals surface area (Å²) in [4.78, 5) is 45.1. The summed E-state index contributed by atoms with van der Waals surface area (Å²) in [6.45, 7) is 14.2. The van der Waals surface area contributed by atoms with Crippen LogP contribution in [0.3, 0.4) is 0 Å². The number of aromatic nitrogens is 4. The fourth-order valence-electron chi connectivity index (χ4n) is 9.85. The lowest BCUT2D eigenvalue weighted by Crippen LogP contribution is -2.46. The summed E-state index contributed by atoms with van der Waals surface area (Å²) in [6, 6.07) is 26.1. The van der Waals surface area contributed by atoms with Gasteiger partial charge in [-0.3, -0.25) is 19.0 Å². The number of thiophene rings is 1. The van der Waals surface area contributed by atoms with E-state index < -0.39 is 0 Å². The fourth-order valence-corrected chi connectivity index (χ4v) is 10.6. The van der Waals surface area contributed by atoms with Crippen LogP contribution in [-0.4, -0.2) is 153 Å². The first kappa shape index (κ1) is 55.8. The molecule has 0 radical (unpaired) electrons. The summed E-state index contributed by atoms with van der Waals surface area (Å²) < 4.78 is 44.5. The molecule has 0 spiro atoms. The Hall–Kier alpha value is -6.97.